The summed E-state index contributed by atoms with van der Waals surface area (Å²) < 4.78 is 19.2. The average Bonchev–Trinajstić information content (AvgIpc) is 3.42. The minimum absolute atomic E-state index is 0.0328. The summed E-state index contributed by atoms with van der Waals surface area (Å²) in [5.41, 5.74) is 7.66. The molecule has 0 aliphatic carbocycles. The molecular formula is C30H50N4O5Si. The standard InChI is InChI=1S/C30H50N4O5Si/c1-29(2,3)38-27(35)23(22-12-13-33(19-22)28(36)39-30(4,5)6)16-21-10-11-26-24(17-21)25(18-31)32-34(26)20-37-14-15-40(7,8)9/h10-11,17,22-23H,12-16,18-20,31H2,1-9H3/t22-,23-/m0/s1. The first kappa shape index (κ1) is 32.1. The van der Waals surface area contributed by atoms with E-state index in [1.165, 1.54) is 0 Å². The predicted molar refractivity (Wildman–Crippen MR) is 161 cm³/mol. The number of ether oxygens (including phenoxy) is 3. The molecule has 2 N–H and O–H groups in total. The first-order valence-corrected chi connectivity index (χ1v) is 18.1. The number of esters is 1. The van der Waals surface area contributed by atoms with E-state index in [9.17, 15) is 9.59 Å². The van der Waals surface area contributed by atoms with Gasteiger partial charge in [-0.25, -0.2) is 9.48 Å². The molecule has 3 rings (SSSR count). The van der Waals surface area contributed by atoms with E-state index in [2.05, 4.69) is 25.7 Å². The summed E-state index contributed by atoms with van der Waals surface area (Å²) in [6, 6.07) is 7.26. The Hall–Kier alpha value is -2.43. The minimum atomic E-state index is -1.17. The lowest BCUT2D eigenvalue weighted by Crippen LogP contribution is -2.38. The van der Waals surface area contributed by atoms with Crippen molar-refractivity contribution in [1.82, 2.24) is 14.7 Å². The maximum atomic E-state index is 13.5. The van der Waals surface area contributed by atoms with Crippen LogP contribution in [0.3, 0.4) is 0 Å². The molecule has 1 fully saturated rings. The van der Waals surface area contributed by atoms with Gasteiger partial charge in [0, 0.05) is 39.7 Å². The number of aromatic nitrogens is 2. The maximum Gasteiger partial charge on any atom is 0.410 e. The van der Waals surface area contributed by atoms with Crippen LogP contribution in [0.15, 0.2) is 18.2 Å². The van der Waals surface area contributed by atoms with Crippen LogP contribution in [0.4, 0.5) is 4.79 Å². The Morgan fingerprint density at radius 2 is 1.77 bits per heavy atom. The van der Waals surface area contributed by atoms with Crippen molar-refractivity contribution >= 4 is 31.0 Å². The highest BCUT2D eigenvalue weighted by molar-refractivity contribution is 6.76. The van der Waals surface area contributed by atoms with Gasteiger partial charge in [0.2, 0.25) is 0 Å². The SMILES string of the molecule is CC(C)(C)OC(=O)[C@@H](Cc1ccc2c(c1)c(CN)nn2COCC[Si](C)(C)C)[C@H]1CCN(C(=O)OC(C)(C)C)C1. The molecule has 0 bridgehead atoms. The smallest absolute Gasteiger partial charge is 0.410 e. The molecule has 1 aromatic carbocycles. The fourth-order valence-electron chi connectivity index (χ4n) is 4.88. The van der Waals surface area contributed by atoms with Gasteiger partial charge in [-0.2, -0.15) is 5.10 Å². The van der Waals surface area contributed by atoms with Crippen LogP contribution in [0.5, 0.6) is 0 Å². The summed E-state index contributed by atoms with van der Waals surface area (Å²) in [5.74, 6) is -0.672. The second-order valence-electron chi connectivity index (χ2n) is 14.2. The van der Waals surface area contributed by atoms with E-state index < -0.39 is 25.2 Å². The van der Waals surface area contributed by atoms with E-state index in [0.29, 0.717) is 45.8 Å². The van der Waals surface area contributed by atoms with Crippen LogP contribution in [-0.2, 0) is 38.7 Å². The third-order valence-electron chi connectivity index (χ3n) is 6.91. The van der Waals surface area contributed by atoms with Crippen molar-refractivity contribution in [2.45, 2.75) is 105 Å². The number of likely N-dealkylation sites (tertiary alicyclic amines) is 1. The van der Waals surface area contributed by atoms with Crippen LogP contribution in [0.1, 0.15) is 59.2 Å². The zero-order valence-electron chi connectivity index (χ0n) is 26.0. The Morgan fingerprint density at radius 1 is 1.10 bits per heavy atom. The number of nitrogens with two attached hydrogens (primary N) is 1. The van der Waals surface area contributed by atoms with Crippen molar-refractivity contribution < 1.29 is 23.8 Å². The van der Waals surface area contributed by atoms with Crippen LogP contribution in [-0.4, -0.2) is 65.7 Å². The minimum Gasteiger partial charge on any atom is -0.460 e. The average molecular weight is 575 g/mol. The van der Waals surface area contributed by atoms with Crippen LogP contribution >= 0.6 is 0 Å². The van der Waals surface area contributed by atoms with E-state index >= 15 is 0 Å². The number of carbonyl (C=O) groups excluding carboxylic acids is 2. The van der Waals surface area contributed by atoms with Crippen molar-refractivity contribution in [3.05, 3.63) is 29.5 Å². The maximum absolute atomic E-state index is 13.5. The normalized spacial score (nSPS) is 17.4. The molecule has 0 spiro atoms. The summed E-state index contributed by atoms with van der Waals surface area (Å²) in [4.78, 5) is 27.9. The van der Waals surface area contributed by atoms with E-state index in [-0.39, 0.29) is 18.0 Å². The molecule has 1 saturated heterocycles. The molecule has 2 aromatic rings. The number of nitrogens with zero attached hydrogens (tertiary/aromatic N) is 3. The van der Waals surface area contributed by atoms with Gasteiger partial charge < -0.3 is 24.8 Å². The monoisotopic (exact) mass is 574 g/mol. The lowest BCUT2D eigenvalue weighted by molar-refractivity contribution is -0.161. The molecule has 1 aliphatic heterocycles. The second kappa shape index (κ2) is 12.6. The molecule has 9 nitrogen and oxygen atoms in total. The highest BCUT2D eigenvalue weighted by Gasteiger charge is 2.39. The molecule has 224 valence electrons. The number of carbonyl (C=O) groups is 2. The number of fused-ring (bicyclic) bond motifs is 1. The largest absolute Gasteiger partial charge is 0.460 e. The Bertz CT molecular complexity index is 1180. The third-order valence-corrected chi connectivity index (χ3v) is 8.61. The molecule has 0 saturated carbocycles. The van der Waals surface area contributed by atoms with Gasteiger partial charge in [-0.1, -0.05) is 25.7 Å². The highest BCUT2D eigenvalue weighted by Crippen LogP contribution is 2.32. The molecule has 2 atom stereocenters. The van der Waals surface area contributed by atoms with Gasteiger partial charge in [-0.3, -0.25) is 4.79 Å². The lowest BCUT2D eigenvalue weighted by atomic mass is 9.85. The van der Waals surface area contributed by atoms with Crippen molar-refractivity contribution in [3.8, 4) is 0 Å². The van der Waals surface area contributed by atoms with Gasteiger partial charge in [0.1, 0.15) is 17.9 Å². The molecule has 2 heterocycles. The number of hydrogen-bond acceptors (Lipinski definition) is 7. The topological polar surface area (TPSA) is 109 Å². The number of amides is 1. The van der Waals surface area contributed by atoms with Crippen LogP contribution in [0.2, 0.25) is 25.7 Å². The fraction of sp³-hybridized carbons (Fsp3) is 0.700. The van der Waals surface area contributed by atoms with Gasteiger partial charge in [0.25, 0.3) is 0 Å². The number of hydrogen-bond donors (Lipinski definition) is 1. The molecule has 1 aliphatic rings. The van der Waals surface area contributed by atoms with Crippen LogP contribution in [0, 0.1) is 11.8 Å². The molecule has 0 radical (unpaired) electrons. The summed E-state index contributed by atoms with van der Waals surface area (Å²) in [6.45, 7) is 20.6. The van der Waals surface area contributed by atoms with Crippen molar-refractivity contribution in [2.75, 3.05) is 19.7 Å². The first-order valence-electron chi connectivity index (χ1n) is 14.4. The van der Waals surface area contributed by atoms with Crippen LogP contribution < -0.4 is 5.73 Å². The van der Waals surface area contributed by atoms with Crippen molar-refractivity contribution in [3.63, 3.8) is 0 Å². The van der Waals surface area contributed by atoms with Gasteiger partial charge in [0.05, 0.1) is 17.1 Å². The van der Waals surface area contributed by atoms with E-state index in [4.69, 9.17) is 25.0 Å². The lowest BCUT2D eigenvalue weighted by Gasteiger charge is -2.28. The fourth-order valence-corrected chi connectivity index (χ4v) is 5.64. The summed E-state index contributed by atoms with van der Waals surface area (Å²) in [7, 11) is -1.17. The quantitative estimate of drug-likeness (QED) is 0.225. The molecule has 1 aromatic heterocycles. The number of rotatable bonds is 10. The molecular weight excluding hydrogens is 524 g/mol. The summed E-state index contributed by atoms with van der Waals surface area (Å²) >= 11 is 0. The predicted octanol–water partition coefficient (Wildman–Crippen LogP) is 5.56. The Morgan fingerprint density at radius 3 is 2.38 bits per heavy atom. The summed E-state index contributed by atoms with van der Waals surface area (Å²) in [6.07, 6.45) is 0.873. The van der Waals surface area contributed by atoms with Crippen molar-refractivity contribution in [2.24, 2.45) is 17.6 Å². The molecule has 40 heavy (non-hydrogen) atoms. The zero-order chi connectivity index (χ0) is 29.9. The molecule has 0 unspecified atom stereocenters. The molecule has 10 heteroatoms. The second-order valence-corrected chi connectivity index (χ2v) is 19.8. The van der Waals surface area contributed by atoms with Gasteiger partial charge in [-0.05, 0) is 84.0 Å². The van der Waals surface area contributed by atoms with Gasteiger partial charge in [-0.15, -0.1) is 0 Å². The van der Waals surface area contributed by atoms with Gasteiger partial charge in [0.15, 0.2) is 0 Å². The Balaban J connectivity index is 1.81. The first-order chi connectivity index (χ1) is 18.5. The van der Waals surface area contributed by atoms with Crippen molar-refractivity contribution in [1.29, 1.82) is 0 Å². The number of benzene rings is 1. The van der Waals surface area contributed by atoms with E-state index in [0.717, 1.165) is 28.2 Å². The molecule has 1 amide bonds. The van der Waals surface area contributed by atoms with E-state index in [1.54, 1.807) is 4.90 Å². The zero-order valence-corrected chi connectivity index (χ0v) is 27.0. The third kappa shape index (κ3) is 9.31. The highest BCUT2D eigenvalue weighted by atomic mass is 28.3. The summed E-state index contributed by atoms with van der Waals surface area (Å²) in [5, 5.41) is 5.68. The van der Waals surface area contributed by atoms with Crippen LogP contribution in [0.25, 0.3) is 10.9 Å². The van der Waals surface area contributed by atoms with Gasteiger partial charge >= 0.3 is 12.1 Å². The Kier molecular flexibility index (Phi) is 10.1. The Labute approximate surface area is 240 Å². The van der Waals surface area contributed by atoms with E-state index in [1.807, 2.05) is 58.4 Å².